The average Bonchev–Trinajstić information content (AvgIpc) is 2.65. The van der Waals surface area contributed by atoms with Crippen LogP contribution in [0.25, 0.3) is 0 Å². The molecular formula is C25H40. The van der Waals surface area contributed by atoms with Crippen LogP contribution in [0.3, 0.4) is 0 Å². The van der Waals surface area contributed by atoms with E-state index in [1.54, 1.807) is 12.0 Å². The molecule has 3 rings (SSSR count). The Morgan fingerprint density at radius 1 is 0.720 bits per heavy atom. The van der Waals surface area contributed by atoms with Crippen LogP contribution in [0, 0.1) is 24.7 Å². The molecule has 1 aromatic carbocycles. The van der Waals surface area contributed by atoms with Crippen molar-refractivity contribution in [3.8, 4) is 0 Å². The van der Waals surface area contributed by atoms with Gasteiger partial charge in [-0.05, 0) is 68.3 Å². The van der Waals surface area contributed by atoms with Crippen LogP contribution in [0.5, 0.6) is 0 Å². The summed E-state index contributed by atoms with van der Waals surface area (Å²) in [6.07, 6.45) is 19.3. The number of aryl methyl sites for hydroxylation is 1. The van der Waals surface area contributed by atoms with Crippen molar-refractivity contribution in [2.24, 2.45) is 17.8 Å². The van der Waals surface area contributed by atoms with Crippen molar-refractivity contribution in [3.63, 3.8) is 0 Å². The van der Waals surface area contributed by atoms with Gasteiger partial charge in [0.1, 0.15) is 0 Å². The molecule has 0 saturated heterocycles. The lowest BCUT2D eigenvalue weighted by Gasteiger charge is -2.34. The number of unbranched alkanes of at least 4 members (excludes halogenated alkanes) is 2. The Bertz CT molecular complexity index is 469. The summed E-state index contributed by atoms with van der Waals surface area (Å²) in [5.74, 6) is 4.00. The van der Waals surface area contributed by atoms with Crippen molar-refractivity contribution < 1.29 is 0 Å². The zero-order valence-electron chi connectivity index (χ0n) is 16.8. The van der Waals surface area contributed by atoms with E-state index in [2.05, 4.69) is 38.1 Å². The first-order valence-corrected chi connectivity index (χ1v) is 11.3. The Kier molecular flexibility index (Phi) is 7.44. The third kappa shape index (κ3) is 5.87. The van der Waals surface area contributed by atoms with Gasteiger partial charge >= 0.3 is 0 Å². The monoisotopic (exact) mass is 340 g/mol. The summed E-state index contributed by atoms with van der Waals surface area (Å²) in [4.78, 5) is 0. The van der Waals surface area contributed by atoms with Gasteiger partial charge in [0.25, 0.3) is 0 Å². The van der Waals surface area contributed by atoms with E-state index in [9.17, 15) is 0 Å². The third-order valence-electron chi connectivity index (χ3n) is 7.24. The average molecular weight is 341 g/mol. The van der Waals surface area contributed by atoms with E-state index in [4.69, 9.17) is 0 Å². The normalized spacial score (nSPS) is 30.3. The lowest BCUT2D eigenvalue weighted by molar-refractivity contribution is 0.199. The Balaban J connectivity index is 1.35. The fourth-order valence-corrected chi connectivity index (χ4v) is 5.48. The summed E-state index contributed by atoms with van der Waals surface area (Å²) in [6.45, 7) is 4.52. The topological polar surface area (TPSA) is 0 Å². The van der Waals surface area contributed by atoms with Crippen LogP contribution in [0.1, 0.15) is 107 Å². The highest BCUT2D eigenvalue weighted by Gasteiger charge is 2.27. The van der Waals surface area contributed by atoms with Crippen LogP contribution in [-0.2, 0) is 0 Å². The molecule has 25 heavy (non-hydrogen) atoms. The maximum absolute atomic E-state index is 2.38. The van der Waals surface area contributed by atoms with Crippen molar-refractivity contribution in [2.75, 3.05) is 0 Å². The van der Waals surface area contributed by atoms with Crippen LogP contribution in [-0.4, -0.2) is 0 Å². The first-order valence-electron chi connectivity index (χ1n) is 11.3. The quantitative estimate of drug-likeness (QED) is 0.440. The molecule has 0 aromatic heterocycles. The summed E-state index contributed by atoms with van der Waals surface area (Å²) in [5.41, 5.74) is 2.99. The Hall–Kier alpha value is -0.780. The predicted molar refractivity (Wildman–Crippen MR) is 110 cm³/mol. The van der Waals surface area contributed by atoms with Gasteiger partial charge in [0.2, 0.25) is 0 Å². The second-order valence-electron chi connectivity index (χ2n) is 9.25. The van der Waals surface area contributed by atoms with E-state index in [0.29, 0.717) is 0 Å². The van der Waals surface area contributed by atoms with Crippen molar-refractivity contribution in [1.82, 2.24) is 0 Å². The Labute approximate surface area is 156 Å². The molecule has 1 aromatic rings. The predicted octanol–water partition coefficient (Wildman–Crippen LogP) is 8.05. The van der Waals surface area contributed by atoms with Gasteiger partial charge in [-0.3, -0.25) is 0 Å². The molecule has 0 bridgehead atoms. The maximum atomic E-state index is 2.38. The minimum atomic E-state index is 0.839. The van der Waals surface area contributed by atoms with Crippen LogP contribution in [0.4, 0.5) is 0 Å². The van der Waals surface area contributed by atoms with E-state index in [-0.39, 0.29) is 0 Å². The molecule has 0 amide bonds. The van der Waals surface area contributed by atoms with Crippen molar-refractivity contribution in [2.45, 2.75) is 103 Å². The number of benzene rings is 1. The first-order chi connectivity index (χ1) is 12.2. The van der Waals surface area contributed by atoms with Gasteiger partial charge in [0, 0.05) is 0 Å². The second kappa shape index (κ2) is 9.79. The van der Waals surface area contributed by atoms with E-state index >= 15 is 0 Å². The molecule has 0 atom stereocenters. The van der Waals surface area contributed by atoms with E-state index in [1.165, 1.54) is 82.6 Å². The lowest BCUT2D eigenvalue weighted by Crippen LogP contribution is -2.20. The van der Waals surface area contributed by atoms with Gasteiger partial charge in [-0.2, -0.15) is 0 Å². The molecule has 0 aliphatic heterocycles. The number of hydrogen-bond acceptors (Lipinski definition) is 0. The third-order valence-corrected chi connectivity index (χ3v) is 7.24. The summed E-state index contributed by atoms with van der Waals surface area (Å²) < 4.78 is 0. The number of hydrogen-bond donors (Lipinski definition) is 0. The van der Waals surface area contributed by atoms with Crippen LogP contribution >= 0.6 is 0 Å². The first kappa shape index (κ1) is 19.0. The molecule has 0 N–H and O–H groups in total. The lowest BCUT2D eigenvalue weighted by atomic mass is 9.71. The summed E-state index contributed by atoms with van der Waals surface area (Å²) in [7, 11) is 0. The fourth-order valence-electron chi connectivity index (χ4n) is 5.48. The molecular weight excluding hydrogens is 300 g/mol. The molecule has 2 aliphatic rings. The maximum Gasteiger partial charge on any atom is -0.0162 e. The minimum absolute atomic E-state index is 0.839. The van der Waals surface area contributed by atoms with Crippen LogP contribution in [0.15, 0.2) is 24.3 Å². The fraction of sp³-hybridized carbons (Fsp3) is 0.760. The Morgan fingerprint density at radius 2 is 1.28 bits per heavy atom. The van der Waals surface area contributed by atoms with Crippen LogP contribution < -0.4 is 0 Å². The molecule has 140 valence electrons. The molecule has 2 saturated carbocycles. The minimum Gasteiger partial charge on any atom is -0.0654 e. The molecule has 2 aliphatic carbocycles. The standard InChI is InChI=1S/C25H40/c1-3-4-5-6-21-9-11-22(12-10-21)19-23-13-17-25(18-14-23)24-15-7-20(2)8-16-24/h7-8,15-16,21-23,25H,3-6,9-14,17-19H2,1-2H3. The van der Waals surface area contributed by atoms with Crippen molar-refractivity contribution >= 4 is 0 Å². The van der Waals surface area contributed by atoms with Gasteiger partial charge in [-0.15, -0.1) is 0 Å². The molecule has 0 spiro atoms. The second-order valence-corrected chi connectivity index (χ2v) is 9.25. The van der Waals surface area contributed by atoms with Crippen molar-refractivity contribution in [3.05, 3.63) is 35.4 Å². The van der Waals surface area contributed by atoms with E-state index in [1.807, 2.05) is 0 Å². The van der Waals surface area contributed by atoms with Gasteiger partial charge < -0.3 is 0 Å². The smallest absolute Gasteiger partial charge is 0.0162 e. The van der Waals surface area contributed by atoms with Gasteiger partial charge in [0.15, 0.2) is 0 Å². The molecule has 0 unspecified atom stereocenters. The van der Waals surface area contributed by atoms with E-state index < -0.39 is 0 Å². The SMILES string of the molecule is CCCCCC1CCC(CC2CCC(c3ccc(C)cc3)CC2)CC1. The van der Waals surface area contributed by atoms with Crippen molar-refractivity contribution in [1.29, 1.82) is 0 Å². The summed E-state index contributed by atoms with van der Waals surface area (Å²) in [5, 5.41) is 0. The summed E-state index contributed by atoms with van der Waals surface area (Å²) in [6, 6.07) is 9.33. The number of rotatable bonds is 7. The highest BCUT2D eigenvalue weighted by molar-refractivity contribution is 5.24. The molecule has 0 heterocycles. The zero-order valence-corrected chi connectivity index (χ0v) is 16.8. The molecule has 2 fully saturated rings. The van der Waals surface area contributed by atoms with Gasteiger partial charge in [0.05, 0.1) is 0 Å². The van der Waals surface area contributed by atoms with Gasteiger partial charge in [-0.25, -0.2) is 0 Å². The molecule has 0 heteroatoms. The largest absolute Gasteiger partial charge is 0.0654 e. The highest BCUT2D eigenvalue weighted by Crippen LogP contribution is 2.41. The summed E-state index contributed by atoms with van der Waals surface area (Å²) >= 11 is 0. The highest BCUT2D eigenvalue weighted by atomic mass is 14.3. The van der Waals surface area contributed by atoms with E-state index in [0.717, 1.165) is 23.7 Å². The molecule has 0 radical (unpaired) electrons. The molecule has 0 nitrogen and oxygen atoms in total. The van der Waals surface area contributed by atoms with Gasteiger partial charge in [-0.1, -0.05) is 88.1 Å². The zero-order chi connectivity index (χ0) is 17.5. The Morgan fingerprint density at radius 3 is 1.88 bits per heavy atom. The van der Waals surface area contributed by atoms with Crippen LogP contribution in [0.2, 0.25) is 0 Å².